The number of ether oxygens (including phenoxy) is 1. The molecule has 1 aromatic carbocycles. The third kappa shape index (κ3) is 5.57. The van der Waals surface area contributed by atoms with Gasteiger partial charge in [-0.15, -0.1) is 0 Å². The molecule has 1 rings (SSSR count). The van der Waals surface area contributed by atoms with E-state index in [0.29, 0.717) is 11.3 Å². The molecule has 0 aliphatic heterocycles. The van der Waals surface area contributed by atoms with Crippen molar-refractivity contribution in [2.75, 3.05) is 25.2 Å². The van der Waals surface area contributed by atoms with Crippen LogP contribution >= 0.6 is 0 Å². The Morgan fingerprint density at radius 2 is 2.11 bits per heavy atom. The Bertz CT molecular complexity index is 517. The first-order valence-corrected chi connectivity index (χ1v) is 8.23. The van der Waals surface area contributed by atoms with Gasteiger partial charge in [0, 0.05) is 17.9 Å². The highest BCUT2D eigenvalue weighted by Crippen LogP contribution is 2.26. The van der Waals surface area contributed by atoms with Crippen molar-refractivity contribution in [2.24, 2.45) is 0 Å². The van der Waals surface area contributed by atoms with Crippen LogP contribution in [0, 0.1) is 5.82 Å². The highest BCUT2D eigenvalue weighted by molar-refractivity contribution is 7.90. The summed E-state index contributed by atoms with van der Waals surface area (Å²) in [5, 5.41) is 3.17. The molecule has 4 nitrogen and oxygen atoms in total. The largest absolute Gasteiger partial charge is 0.492 e. The molecule has 0 aliphatic rings. The standard InChI is InChI=1S/C13H20FNO3S/c1-4-15-10(2)12-9-11(14)5-6-13(12)18-7-8-19(3,16)17/h5-6,9-10,15H,4,7-8H2,1-3H3. The van der Waals surface area contributed by atoms with Crippen LogP contribution in [0.25, 0.3) is 0 Å². The second-order valence-electron chi connectivity index (χ2n) is 4.44. The van der Waals surface area contributed by atoms with Crippen molar-refractivity contribution in [1.29, 1.82) is 0 Å². The van der Waals surface area contributed by atoms with Crippen molar-refractivity contribution in [3.63, 3.8) is 0 Å². The van der Waals surface area contributed by atoms with Crippen LogP contribution < -0.4 is 10.1 Å². The number of hydrogen-bond donors (Lipinski definition) is 1. The van der Waals surface area contributed by atoms with E-state index in [4.69, 9.17) is 4.74 Å². The van der Waals surface area contributed by atoms with Gasteiger partial charge >= 0.3 is 0 Å². The highest BCUT2D eigenvalue weighted by Gasteiger charge is 2.13. The Balaban J connectivity index is 2.81. The first-order chi connectivity index (χ1) is 8.83. The van der Waals surface area contributed by atoms with E-state index in [1.807, 2.05) is 13.8 Å². The Labute approximate surface area is 113 Å². The highest BCUT2D eigenvalue weighted by atomic mass is 32.2. The van der Waals surface area contributed by atoms with Crippen LogP contribution in [0.3, 0.4) is 0 Å². The lowest BCUT2D eigenvalue weighted by Crippen LogP contribution is -2.19. The van der Waals surface area contributed by atoms with Gasteiger partial charge < -0.3 is 10.1 Å². The molecule has 0 saturated heterocycles. The van der Waals surface area contributed by atoms with Gasteiger partial charge in [-0.2, -0.15) is 0 Å². The van der Waals surface area contributed by atoms with Crippen LogP contribution in [0.5, 0.6) is 5.75 Å². The van der Waals surface area contributed by atoms with Gasteiger partial charge in [0.15, 0.2) is 9.84 Å². The maximum absolute atomic E-state index is 13.3. The molecule has 1 atom stereocenters. The first-order valence-electron chi connectivity index (χ1n) is 6.17. The van der Waals surface area contributed by atoms with E-state index in [9.17, 15) is 12.8 Å². The predicted octanol–water partition coefficient (Wildman–Crippen LogP) is 1.92. The zero-order chi connectivity index (χ0) is 14.5. The quantitative estimate of drug-likeness (QED) is 0.833. The maximum Gasteiger partial charge on any atom is 0.150 e. The smallest absolute Gasteiger partial charge is 0.150 e. The summed E-state index contributed by atoms with van der Waals surface area (Å²) in [6.07, 6.45) is 1.16. The third-order valence-electron chi connectivity index (χ3n) is 2.66. The number of rotatable bonds is 7. The van der Waals surface area contributed by atoms with Crippen molar-refractivity contribution in [3.8, 4) is 5.75 Å². The SMILES string of the molecule is CCNC(C)c1cc(F)ccc1OCCS(C)(=O)=O. The van der Waals surface area contributed by atoms with Crippen LogP contribution in [0.2, 0.25) is 0 Å². The molecule has 1 unspecified atom stereocenters. The van der Waals surface area contributed by atoms with Gasteiger partial charge in [-0.05, 0) is 31.7 Å². The molecule has 0 saturated carbocycles. The lowest BCUT2D eigenvalue weighted by Gasteiger charge is -2.17. The lowest BCUT2D eigenvalue weighted by atomic mass is 10.1. The van der Waals surface area contributed by atoms with Gasteiger partial charge in [0.1, 0.15) is 18.2 Å². The minimum Gasteiger partial charge on any atom is -0.492 e. The molecule has 0 fully saturated rings. The molecule has 6 heteroatoms. The Morgan fingerprint density at radius 1 is 1.42 bits per heavy atom. The normalized spacial score (nSPS) is 13.3. The summed E-state index contributed by atoms with van der Waals surface area (Å²) >= 11 is 0. The number of benzene rings is 1. The average Bonchev–Trinajstić information content (AvgIpc) is 2.29. The van der Waals surface area contributed by atoms with Gasteiger partial charge in [-0.25, -0.2) is 12.8 Å². The van der Waals surface area contributed by atoms with Crippen LogP contribution in [-0.4, -0.2) is 33.6 Å². The van der Waals surface area contributed by atoms with Crippen molar-refractivity contribution >= 4 is 9.84 Å². The summed E-state index contributed by atoms with van der Waals surface area (Å²) in [5.74, 6) is 0.119. The summed E-state index contributed by atoms with van der Waals surface area (Å²) in [6.45, 7) is 4.68. The predicted molar refractivity (Wildman–Crippen MR) is 73.7 cm³/mol. The van der Waals surface area contributed by atoms with Crippen molar-refractivity contribution in [3.05, 3.63) is 29.6 Å². The molecule has 0 aromatic heterocycles. The average molecular weight is 289 g/mol. The van der Waals surface area contributed by atoms with Gasteiger partial charge in [0.05, 0.1) is 5.75 Å². The van der Waals surface area contributed by atoms with E-state index in [1.54, 1.807) is 0 Å². The van der Waals surface area contributed by atoms with E-state index < -0.39 is 9.84 Å². The molecule has 1 N–H and O–H groups in total. The molecule has 0 spiro atoms. The van der Waals surface area contributed by atoms with E-state index in [1.165, 1.54) is 18.2 Å². The lowest BCUT2D eigenvalue weighted by molar-refractivity contribution is 0.332. The van der Waals surface area contributed by atoms with E-state index in [-0.39, 0.29) is 24.2 Å². The van der Waals surface area contributed by atoms with Crippen molar-refractivity contribution < 1.29 is 17.5 Å². The second kappa shape index (κ2) is 6.86. The number of halogens is 1. The fourth-order valence-electron chi connectivity index (χ4n) is 1.71. The number of nitrogens with one attached hydrogen (secondary N) is 1. The van der Waals surface area contributed by atoms with E-state index in [2.05, 4.69) is 5.32 Å². The van der Waals surface area contributed by atoms with Crippen molar-refractivity contribution in [2.45, 2.75) is 19.9 Å². The first kappa shape index (κ1) is 15.9. The fraction of sp³-hybridized carbons (Fsp3) is 0.538. The fourth-order valence-corrected chi connectivity index (χ4v) is 2.09. The van der Waals surface area contributed by atoms with Crippen LogP contribution in [-0.2, 0) is 9.84 Å². The molecule has 0 heterocycles. The minimum atomic E-state index is -3.06. The molecule has 0 amide bonds. The van der Waals surface area contributed by atoms with Gasteiger partial charge in [-0.3, -0.25) is 0 Å². The summed E-state index contributed by atoms with van der Waals surface area (Å²) in [6, 6.07) is 4.18. The third-order valence-corrected chi connectivity index (χ3v) is 3.57. The molecular weight excluding hydrogens is 269 g/mol. The zero-order valence-corrected chi connectivity index (χ0v) is 12.3. The van der Waals surface area contributed by atoms with Crippen molar-refractivity contribution in [1.82, 2.24) is 5.32 Å². The Kier molecular flexibility index (Phi) is 5.75. The summed E-state index contributed by atoms with van der Waals surface area (Å²) in [7, 11) is -3.06. The zero-order valence-electron chi connectivity index (χ0n) is 11.4. The summed E-state index contributed by atoms with van der Waals surface area (Å²) < 4.78 is 40.8. The van der Waals surface area contributed by atoms with Crippen LogP contribution in [0.1, 0.15) is 25.5 Å². The topological polar surface area (TPSA) is 55.4 Å². The van der Waals surface area contributed by atoms with Gasteiger partial charge in [-0.1, -0.05) is 6.92 Å². The minimum absolute atomic E-state index is 0.0561. The molecule has 1 aromatic rings. The van der Waals surface area contributed by atoms with Crippen LogP contribution in [0.15, 0.2) is 18.2 Å². The molecular formula is C13H20FNO3S. The second-order valence-corrected chi connectivity index (χ2v) is 6.70. The van der Waals surface area contributed by atoms with Gasteiger partial charge in [0.25, 0.3) is 0 Å². The Hall–Kier alpha value is -1.14. The number of sulfone groups is 1. The molecule has 108 valence electrons. The summed E-state index contributed by atoms with van der Waals surface area (Å²) in [5.41, 5.74) is 0.690. The van der Waals surface area contributed by atoms with E-state index in [0.717, 1.165) is 12.8 Å². The number of hydrogen-bond acceptors (Lipinski definition) is 4. The Morgan fingerprint density at radius 3 is 2.68 bits per heavy atom. The monoisotopic (exact) mass is 289 g/mol. The van der Waals surface area contributed by atoms with Crippen LogP contribution in [0.4, 0.5) is 4.39 Å². The molecule has 0 radical (unpaired) electrons. The molecule has 19 heavy (non-hydrogen) atoms. The summed E-state index contributed by atoms with van der Waals surface area (Å²) in [4.78, 5) is 0. The molecule has 0 bridgehead atoms. The van der Waals surface area contributed by atoms with Gasteiger partial charge in [0.2, 0.25) is 0 Å². The molecule has 0 aliphatic carbocycles. The maximum atomic E-state index is 13.3. The van der Waals surface area contributed by atoms with E-state index >= 15 is 0 Å².